The van der Waals surface area contributed by atoms with Crippen molar-refractivity contribution < 1.29 is 0 Å². The largest absolute Gasteiger partial charge is 0.368 e. The fourth-order valence-electron chi connectivity index (χ4n) is 1.29. The first-order valence-corrected chi connectivity index (χ1v) is 6.48. The van der Waals surface area contributed by atoms with Crippen molar-refractivity contribution in [3.05, 3.63) is 12.4 Å². The Morgan fingerprint density at radius 2 is 1.94 bits per heavy atom. The first-order chi connectivity index (χ1) is 8.46. The molecule has 0 aliphatic rings. The number of nitrogens with zero attached hydrogens (tertiary/aromatic N) is 2. The molecule has 1 aromatic rings. The van der Waals surface area contributed by atoms with Crippen molar-refractivity contribution in [1.29, 1.82) is 0 Å². The highest BCUT2D eigenvalue weighted by Crippen LogP contribution is 2.12. The minimum atomic E-state index is 0.0370. The average Bonchev–Trinajstić information content (AvgIpc) is 2.37. The van der Waals surface area contributed by atoms with Gasteiger partial charge >= 0.3 is 0 Å². The summed E-state index contributed by atoms with van der Waals surface area (Å²) in [7, 11) is 1.96. The third kappa shape index (κ3) is 4.87. The molecule has 0 spiro atoms. The maximum Gasteiger partial charge on any atom is 0.131 e. The molecule has 1 aromatic heterocycles. The molecule has 5 heteroatoms. The molecule has 0 fully saturated rings. The second-order valence-corrected chi connectivity index (χ2v) is 5.23. The van der Waals surface area contributed by atoms with Gasteiger partial charge in [-0.15, -0.1) is 0 Å². The van der Waals surface area contributed by atoms with Gasteiger partial charge in [0.25, 0.3) is 0 Å². The third-order valence-electron chi connectivity index (χ3n) is 3.06. The molecular formula is C13H25N5. The maximum atomic E-state index is 4.22. The van der Waals surface area contributed by atoms with Crippen LogP contribution in [-0.2, 0) is 0 Å². The Balaban J connectivity index is 2.59. The van der Waals surface area contributed by atoms with E-state index in [9.17, 15) is 0 Å². The molecule has 0 amide bonds. The van der Waals surface area contributed by atoms with E-state index in [0.717, 1.165) is 24.6 Å². The van der Waals surface area contributed by atoms with Crippen molar-refractivity contribution in [1.82, 2.24) is 15.3 Å². The minimum absolute atomic E-state index is 0.0370. The molecule has 1 rings (SSSR count). The van der Waals surface area contributed by atoms with Gasteiger partial charge in [-0.1, -0.05) is 6.92 Å². The van der Waals surface area contributed by atoms with Gasteiger partial charge in [0, 0.05) is 24.2 Å². The van der Waals surface area contributed by atoms with E-state index in [-0.39, 0.29) is 5.54 Å². The highest BCUT2D eigenvalue weighted by Gasteiger charge is 2.14. The lowest BCUT2D eigenvalue weighted by atomic mass is 10.1. The van der Waals surface area contributed by atoms with Crippen LogP contribution in [0.2, 0.25) is 0 Å². The zero-order valence-electron chi connectivity index (χ0n) is 12.0. The van der Waals surface area contributed by atoms with E-state index in [1.165, 1.54) is 0 Å². The Kier molecular flexibility index (Phi) is 5.34. The number of aromatic nitrogens is 2. The summed E-state index contributed by atoms with van der Waals surface area (Å²) in [5, 5.41) is 9.90. The fraction of sp³-hybridized carbons (Fsp3) is 0.692. The zero-order chi connectivity index (χ0) is 13.6. The van der Waals surface area contributed by atoms with Gasteiger partial charge in [0.15, 0.2) is 0 Å². The van der Waals surface area contributed by atoms with E-state index in [0.29, 0.717) is 6.04 Å². The second-order valence-electron chi connectivity index (χ2n) is 5.23. The normalized spacial score (nSPS) is 13.2. The lowest BCUT2D eigenvalue weighted by molar-refractivity contribution is 0.447. The Morgan fingerprint density at radius 1 is 1.28 bits per heavy atom. The molecule has 0 bridgehead atoms. The van der Waals surface area contributed by atoms with Crippen molar-refractivity contribution in [3.63, 3.8) is 0 Å². The number of hydrogen-bond acceptors (Lipinski definition) is 5. The van der Waals surface area contributed by atoms with Crippen LogP contribution in [0.5, 0.6) is 0 Å². The van der Waals surface area contributed by atoms with Crippen LogP contribution >= 0.6 is 0 Å². The van der Waals surface area contributed by atoms with Gasteiger partial charge in [-0.2, -0.15) is 0 Å². The van der Waals surface area contributed by atoms with Gasteiger partial charge in [-0.05, 0) is 34.2 Å². The average molecular weight is 251 g/mol. The van der Waals surface area contributed by atoms with E-state index >= 15 is 0 Å². The summed E-state index contributed by atoms with van der Waals surface area (Å²) < 4.78 is 0. The van der Waals surface area contributed by atoms with Crippen molar-refractivity contribution in [2.75, 3.05) is 24.2 Å². The van der Waals surface area contributed by atoms with E-state index < -0.39 is 0 Å². The predicted molar refractivity (Wildman–Crippen MR) is 77.0 cm³/mol. The molecule has 0 aromatic carbocycles. The molecule has 3 N–H and O–H groups in total. The summed E-state index contributed by atoms with van der Waals surface area (Å²) in [5.74, 6) is 1.71. The molecule has 0 aliphatic heterocycles. The SMILES string of the molecule is CCC(C)Nc1cc(NCC(C)(C)NC)ncn1. The first kappa shape index (κ1) is 14.7. The van der Waals surface area contributed by atoms with E-state index in [1.807, 2.05) is 13.1 Å². The molecule has 1 unspecified atom stereocenters. The van der Waals surface area contributed by atoms with Crippen LogP contribution in [0.25, 0.3) is 0 Å². The van der Waals surface area contributed by atoms with Gasteiger partial charge in [-0.25, -0.2) is 9.97 Å². The van der Waals surface area contributed by atoms with Gasteiger partial charge in [0.05, 0.1) is 0 Å². The van der Waals surface area contributed by atoms with Crippen LogP contribution in [0.3, 0.4) is 0 Å². The summed E-state index contributed by atoms with van der Waals surface area (Å²) in [6.07, 6.45) is 2.65. The van der Waals surface area contributed by atoms with Gasteiger partial charge in [0.1, 0.15) is 18.0 Å². The minimum Gasteiger partial charge on any atom is -0.368 e. The highest BCUT2D eigenvalue weighted by atomic mass is 15.1. The lowest BCUT2D eigenvalue weighted by Crippen LogP contribution is -2.42. The smallest absolute Gasteiger partial charge is 0.131 e. The fourth-order valence-corrected chi connectivity index (χ4v) is 1.29. The van der Waals surface area contributed by atoms with Crippen LogP contribution in [0, 0.1) is 0 Å². The molecule has 1 atom stereocenters. The van der Waals surface area contributed by atoms with E-state index in [4.69, 9.17) is 0 Å². The Labute approximate surface area is 110 Å². The van der Waals surface area contributed by atoms with Gasteiger partial charge in [-0.3, -0.25) is 0 Å². The Hall–Kier alpha value is -1.36. The number of nitrogens with one attached hydrogen (secondary N) is 3. The molecule has 5 nitrogen and oxygen atoms in total. The summed E-state index contributed by atoms with van der Waals surface area (Å²) in [6, 6.07) is 2.36. The number of likely N-dealkylation sites (N-methyl/N-ethyl adjacent to an activating group) is 1. The van der Waals surface area contributed by atoms with Crippen molar-refractivity contribution in [2.24, 2.45) is 0 Å². The molecule has 0 radical (unpaired) electrons. The quantitative estimate of drug-likeness (QED) is 0.692. The molecule has 0 saturated heterocycles. The highest BCUT2D eigenvalue weighted by molar-refractivity contribution is 5.47. The third-order valence-corrected chi connectivity index (χ3v) is 3.06. The number of hydrogen-bond donors (Lipinski definition) is 3. The monoisotopic (exact) mass is 251 g/mol. The molecule has 0 aliphatic carbocycles. The molecule has 0 saturated carbocycles. The number of anilines is 2. The summed E-state index contributed by atoms with van der Waals surface area (Å²) >= 11 is 0. The Morgan fingerprint density at radius 3 is 2.56 bits per heavy atom. The maximum absolute atomic E-state index is 4.22. The van der Waals surface area contributed by atoms with Crippen LogP contribution in [0.1, 0.15) is 34.1 Å². The van der Waals surface area contributed by atoms with Gasteiger partial charge in [0.2, 0.25) is 0 Å². The standard InChI is InChI=1S/C13H25N5/c1-6-10(2)18-12-7-11(16-9-17-12)15-8-13(3,4)14-5/h7,9-10,14H,6,8H2,1-5H3,(H2,15,16,17,18). The Bertz CT molecular complexity index is 364. The second kappa shape index (κ2) is 6.54. The summed E-state index contributed by atoms with van der Waals surface area (Å²) in [6.45, 7) is 9.37. The lowest BCUT2D eigenvalue weighted by Gasteiger charge is -2.24. The van der Waals surface area contributed by atoms with Gasteiger partial charge < -0.3 is 16.0 Å². The zero-order valence-corrected chi connectivity index (χ0v) is 12.0. The van der Waals surface area contributed by atoms with Crippen molar-refractivity contribution >= 4 is 11.6 Å². The predicted octanol–water partition coefficient (Wildman–Crippen LogP) is 2.10. The van der Waals surface area contributed by atoms with Crippen molar-refractivity contribution in [3.8, 4) is 0 Å². The van der Waals surface area contributed by atoms with Crippen LogP contribution in [0.15, 0.2) is 12.4 Å². The summed E-state index contributed by atoms with van der Waals surface area (Å²) in [5.41, 5.74) is 0.0370. The number of rotatable bonds is 7. The molecule has 18 heavy (non-hydrogen) atoms. The molecule has 1 heterocycles. The molecule has 102 valence electrons. The van der Waals surface area contributed by atoms with E-state index in [2.05, 4.69) is 53.6 Å². The topological polar surface area (TPSA) is 61.9 Å². The van der Waals surface area contributed by atoms with Crippen LogP contribution < -0.4 is 16.0 Å². The van der Waals surface area contributed by atoms with E-state index in [1.54, 1.807) is 6.33 Å². The summed E-state index contributed by atoms with van der Waals surface area (Å²) in [4.78, 5) is 8.43. The van der Waals surface area contributed by atoms with Crippen molar-refractivity contribution in [2.45, 2.75) is 45.7 Å². The molecular weight excluding hydrogens is 226 g/mol. The first-order valence-electron chi connectivity index (χ1n) is 6.48. The van der Waals surface area contributed by atoms with Crippen LogP contribution in [-0.4, -0.2) is 35.1 Å². The van der Waals surface area contributed by atoms with Crippen LogP contribution in [0.4, 0.5) is 11.6 Å².